The van der Waals surface area contributed by atoms with Crippen molar-refractivity contribution in [3.8, 4) is 0 Å². The van der Waals surface area contributed by atoms with Crippen LogP contribution >= 0.6 is 0 Å². The van der Waals surface area contributed by atoms with Crippen molar-refractivity contribution in [3.63, 3.8) is 0 Å². The van der Waals surface area contributed by atoms with E-state index in [1.807, 2.05) is 0 Å². The number of likely N-dealkylation sites (N-methyl/N-ethyl adjacent to an activating group) is 1. The van der Waals surface area contributed by atoms with Gasteiger partial charge < -0.3 is 15.4 Å². The topological polar surface area (TPSA) is 38.5 Å². The molecule has 1 rings (SSSR count). The van der Waals surface area contributed by atoms with Gasteiger partial charge >= 0.3 is 0 Å². The summed E-state index contributed by atoms with van der Waals surface area (Å²) in [6.45, 7) is 10.3. The fraction of sp³-hybridized carbons (Fsp3) is 0.625. The molecule has 0 saturated heterocycles. The lowest BCUT2D eigenvalue weighted by Gasteiger charge is -2.22. The lowest BCUT2D eigenvalue weighted by atomic mass is 9.99. The Morgan fingerprint density at radius 1 is 1.16 bits per heavy atom. The van der Waals surface area contributed by atoms with Gasteiger partial charge in [-0.05, 0) is 32.4 Å². The molecule has 0 radical (unpaired) electrons. The molecule has 0 bridgehead atoms. The first-order valence-electron chi connectivity index (χ1n) is 7.12. The summed E-state index contributed by atoms with van der Waals surface area (Å²) in [5.41, 5.74) is 10.1. The number of benzene rings is 1. The maximum absolute atomic E-state index is 6.31. The van der Waals surface area contributed by atoms with Crippen LogP contribution < -0.4 is 5.73 Å². The minimum Gasteiger partial charge on any atom is -0.383 e. The second-order valence-electron chi connectivity index (χ2n) is 5.24. The smallest absolute Gasteiger partial charge is 0.0589 e. The molecule has 3 nitrogen and oxygen atoms in total. The Labute approximate surface area is 117 Å². The van der Waals surface area contributed by atoms with Crippen molar-refractivity contribution < 1.29 is 4.74 Å². The van der Waals surface area contributed by atoms with Crippen molar-refractivity contribution in [1.29, 1.82) is 0 Å². The molecule has 0 heterocycles. The van der Waals surface area contributed by atoms with Crippen LogP contribution in [-0.4, -0.2) is 38.3 Å². The van der Waals surface area contributed by atoms with Crippen molar-refractivity contribution in [2.45, 2.75) is 33.2 Å². The highest BCUT2D eigenvalue weighted by Crippen LogP contribution is 2.18. The van der Waals surface area contributed by atoms with Crippen LogP contribution in [0.3, 0.4) is 0 Å². The zero-order valence-corrected chi connectivity index (χ0v) is 12.8. The molecule has 108 valence electrons. The zero-order chi connectivity index (χ0) is 14.3. The molecule has 0 aliphatic carbocycles. The van der Waals surface area contributed by atoms with E-state index in [0.717, 1.165) is 32.7 Å². The van der Waals surface area contributed by atoms with Gasteiger partial charge in [0.05, 0.1) is 6.61 Å². The van der Waals surface area contributed by atoms with Gasteiger partial charge in [-0.25, -0.2) is 0 Å². The molecule has 19 heavy (non-hydrogen) atoms. The lowest BCUT2D eigenvalue weighted by molar-refractivity contribution is 0.149. The normalized spacial score (nSPS) is 12.9. The number of methoxy groups -OCH3 is 1. The monoisotopic (exact) mass is 264 g/mol. The van der Waals surface area contributed by atoms with Gasteiger partial charge in [0, 0.05) is 26.2 Å². The summed E-state index contributed by atoms with van der Waals surface area (Å²) in [5, 5.41) is 0. The molecule has 0 spiro atoms. The molecule has 0 aliphatic rings. The molecule has 0 aromatic heterocycles. The molecule has 1 aromatic carbocycles. The third-order valence-electron chi connectivity index (χ3n) is 3.49. The van der Waals surface area contributed by atoms with E-state index < -0.39 is 0 Å². The zero-order valence-electron chi connectivity index (χ0n) is 12.8. The maximum atomic E-state index is 6.31. The molecule has 1 unspecified atom stereocenters. The summed E-state index contributed by atoms with van der Waals surface area (Å²) in [6, 6.07) is 6.70. The highest BCUT2D eigenvalue weighted by Gasteiger charge is 2.09. The molecule has 1 atom stereocenters. The standard InChI is InChI=1S/C16H28N2O/c1-5-18(8-9-19-4)7-6-16(17)15-11-13(2)10-14(3)12-15/h10-12,16H,5-9,17H2,1-4H3. The first kappa shape index (κ1) is 16.2. The van der Waals surface area contributed by atoms with E-state index in [0.29, 0.717) is 0 Å². The van der Waals surface area contributed by atoms with Crippen molar-refractivity contribution in [3.05, 3.63) is 34.9 Å². The molecule has 0 aliphatic heterocycles. The summed E-state index contributed by atoms with van der Waals surface area (Å²) in [5.74, 6) is 0. The number of nitrogens with zero attached hydrogens (tertiary/aromatic N) is 1. The molecule has 0 amide bonds. The second-order valence-corrected chi connectivity index (χ2v) is 5.24. The molecular formula is C16H28N2O. The number of hydrogen-bond donors (Lipinski definition) is 1. The summed E-state index contributed by atoms with van der Waals surface area (Å²) in [4.78, 5) is 2.38. The Morgan fingerprint density at radius 3 is 2.32 bits per heavy atom. The Balaban J connectivity index is 2.51. The van der Waals surface area contributed by atoms with Gasteiger partial charge in [-0.2, -0.15) is 0 Å². The quantitative estimate of drug-likeness (QED) is 0.784. The molecule has 2 N–H and O–H groups in total. The molecular weight excluding hydrogens is 236 g/mol. The minimum absolute atomic E-state index is 0.121. The summed E-state index contributed by atoms with van der Waals surface area (Å²) >= 11 is 0. The molecule has 3 heteroatoms. The molecule has 0 saturated carbocycles. The van der Waals surface area contributed by atoms with E-state index in [9.17, 15) is 0 Å². The largest absolute Gasteiger partial charge is 0.383 e. The average Bonchev–Trinajstić information content (AvgIpc) is 2.37. The van der Waals surface area contributed by atoms with Crippen LogP contribution in [0.25, 0.3) is 0 Å². The SMILES string of the molecule is CCN(CCOC)CCC(N)c1cc(C)cc(C)c1. The van der Waals surface area contributed by atoms with Gasteiger partial charge in [0.1, 0.15) is 0 Å². The maximum Gasteiger partial charge on any atom is 0.0589 e. The number of ether oxygens (including phenoxy) is 1. The van der Waals surface area contributed by atoms with Gasteiger partial charge in [0.2, 0.25) is 0 Å². The summed E-state index contributed by atoms with van der Waals surface area (Å²) in [6.07, 6.45) is 0.987. The Bertz CT molecular complexity index is 359. The minimum atomic E-state index is 0.121. The van der Waals surface area contributed by atoms with Crippen LogP contribution in [0.4, 0.5) is 0 Å². The average molecular weight is 264 g/mol. The van der Waals surface area contributed by atoms with Crippen molar-refractivity contribution in [1.82, 2.24) is 4.90 Å². The van der Waals surface area contributed by atoms with E-state index in [2.05, 4.69) is 43.9 Å². The fourth-order valence-electron chi connectivity index (χ4n) is 2.36. The van der Waals surface area contributed by atoms with Crippen molar-refractivity contribution >= 4 is 0 Å². The van der Waals surface area contributed by atoms with Crippen LogP contribution in [0, 0.1) is 13.8 Å². The van der Waals surface area contributed by atoms with Crippen LogP contribution in [0.1, 0.15) is 36.1 Å². The second kappa shape index (κ2) is 8.31. The van der Waals surface area contributed by atoms with E-state index in [-0.39, 0.29) is 6.04 Å². The Morgan fingerprint density at radius 2 is 1.79 bits per heavy atom. The van der Waals surface area contributed by atoms with Crippen LogP contribution in [0.5, 0.6) is 0 Å². The molecule has 0 fully saturated rings. The van der Waals surface area contributed by atoms with Crippen LogP contribution in [0.15, 0.2) is 18.2 Å². The number of aryl methyl sites for hydroxylation is 2. The third-order valence-corrected chi connectivity index (χ3v) is 3.49. The molecule has 1 aromatic rings. The van der Waals surface area contributed by atoms with Crippen molar-refractivity contribution in [2.24, 2.45) is 5.73 Å². The first-order valence-corrected chi connectivity index (χ1v) is 7.12. The highest BCUT2D eigenvalue weighted by atomic mass is 16.5. The van der Waals surface area contributed by atoms with Gasteiger partial charge in [-0.3, -0.25) is 0 Å². The third kappa shape index (κ3) is 5.72. The van der Waals surface area contributed by atoms with E-state index >= 15 is 0 Å². The predicted molar refractivity (Wildman–Crippen MR) is 81.5 cm³/mol. The number of nitrogens with two attached hydrogens (primary N) is 1. The Kier molecular flexibility index (Phi) is 7.06. The van der Waals surface area contributed by atoms with E-state index in [1.165, 1.54) is 16.7 Å². The van der Waals surface area contributed by atoms with Gasteiger partial charge in [0.15, 0.2) is 0 Å². The first-order chi connectivity index (χ1) is 9.06. The number of rotatable bonds is 8. The highest BCUT2D eigenvalue weighted by molar-refractivity contribution is 5.30. The van der Waals surface area contributed by atoms with E-state index in [1.54, 1.807) is 7.11 Å². The fourth-order valence-corrected chi connectivity index (χ4v) is 2.36. The predicted octanol–water partition coefficient (Wildman–Crippen LogP) is 2.66. The van der Waals surface area contributed by atoms with Gasteiger partial charge in [0.25, 0.3) is 0 Å². The van der Waals surface area contributed by atoms with E-state index in [4.69, 9.17) is 10.5 Å². The summed E-state index contributed by atoms with van der Waals surface area (Å²) < 4.78 is 5.12. The Hall–Kier alpha value is -0.900. The van der Waals surface area contributed by atoms with Gasteiger partial charge in [-0.1, -0.05) is 36.2 Å². The lowest BCUT2D eigenvalue weighted by Crippen LogP contribution is -2.30. The van der Waals surface area contributed by atoms with Crippen LogP contribution in [-0.2, 0) is 4.74 Å². The number of hydrogen-bond acceptors (Lipinski definition) is 3. The van der Waals surface area contributed by atoms with Gasteiger partial charge in [-0.15, -0.1) is 0 Å². The summed E-state index contributed by atoms with van der Waals surface area (Å²) in [7, 11) is 1.75. The van der Waals surface area contributed by atoms with Crippen molar-refractivity contribution in [2.75, 3.05) is 33.4 Å². The van der Waals surface area contributed by atoms with Crippen LogP contribution in [0.2, 0.25) is 0 Å².